The number of nitrogens with zero attached hydrogens (tertiary/aromatic N) is 1. The van der Waals surface area contributed by atoms with Crippen molar-refractivity contribution in [1.29, 1.82) is 0 Å². The first-order valence-corrected chi connectivity index (χ1v) is 7.14. The van der Waals surface area contributed by atoms with Crippen molar-refractivity contribution in [3.63, 3.8) is 0 Å². The molecule has 2 N–H and O–H groups in total. The smallest absolute Gasteiger partial charge is 0.317 e. The number of hydrogen-bond donors (Lipinski definition) is 2. The van der Waals surface area contributed by atoms with Gasteiger partial charge in [-0.15, -0.1) is 11.3 Å². The van der Waals surface area contributed by atoms with E-state index in [1.54, 1.807) is 16.2 Å². The summed E-state index contributed by atoms with van der Waals surface area (Å²) in [5.74, 6) is -0.701. The van der Waals surface area contributed by atoms with Crippen molar-refractivity contribution in [2.75, 3.05) is 13.1 Å². The van der Waals surface area contributed by atoms with E-state index >= 15 is 0 Å². The third kappa shape index (κ3) is 3.46. The molecule has 0 radical (unpaired) electrons. The number of carboxylic acid groups (broad SMARTS) is 1. The van der Waals surface area contributed by atoms with Crippen molar-refractivity contribution >= 4 is 39.3 Å². The molecule has 7 heteroatoms. The highest BCUT2D eigenvalue weighted by atomic mass is 79.9. The number of amides is 2. The van der Waals surface area contributed by atoms with Crippen LogP contribution in [0.5, 0.6) is 0 Å². The van der Waals surface area contributed by atoms with E-state index in [1.807, 2.05) is 12.1 Å². The molecule has 0 bridgehead atoms. The maximum atomic E-state index is 11.7. The number of carboxylic acids is 1. The Morgan fingerprint density at radius 3 is 2.78 bits per heavy atom. The van der Waals surface area contributed by atoms with Crippen LogP contribution in [-0.2, 0) is 11.3 Å². The fraction of sp³-hybridized carbons (Fsp3) is 0.455. The van der Waals surface area contributed by atoms with Gasteiger partial charge < -0.3 is 15.3 Å². The topological polar surface area (TPSA) is 69.6 Å². The molecule has 0 aromatic carbocycles. The molecule has 1 aliphatic rings. The van der Waals surface area contributed by atoms with Crippen molar-refractivity contribution in [3.05, 3.63) is 20.8 Å². The van der Waals surface area contributed by atoms with Crippen LogP contribution in [0.4, 0.5) is 4.79 Å². The molecule has 1 saturated heterocycles. The molecular formula is C11H13BrN2O3S. The molecule has 0 unspecified atom stereocenters. The van der Waals surface area contributed by atoms with Crippen LogP contribution in [-0.4, -0.2) is 35.1 Å². The number of halogens is 1. The van der Waals surface area contributed by atoms with Gasteiger partial charge in [-0.25, -0.2) is 4.79 Å². The summed E-state index contributed by atoms with van der Waals surface area (Å²) < 4.78 is 1.04. The summed E-state index contributed by atoms with van der Waals surface area (Å²) in [6.45, 7) is 1.58. The average molecular weight is 333 g/mol. The quantitative estimate of drug-likeness (QED) is 0.887. The monoisotopic (exact) mass is 332 g/mol. The average Bonchev–Trinajstić information content (AvgIpc) is 2.65. The zero-order valence-electron chi connectivity index (χ0n) is 9.56. The number of nitrogens with one attached hydrogen (secondary N) is 1. The SMILES string of the molecule is O=C(O)CC1CN(C(=O)NCc2ccc(Br)s2)C1. The van der Waals surface area contributed by atoms with Crippen LogP contribution in [0.25, 0.3) is 0 Å². The van der Waals surface area contributed by atoms with E-state index in [-0.39, 0.29) is 18.4 Å². The number of aliphatic carboxylic acids is 1. The normalized spacial score (nSPS) is 15.3. The molecule has 1 aliphatic heterocycles. The number of likely N-dealkylation sites (tertiary alicyclic amines) is 1. The summed E-state index contributed by atoms with van der Waals surface area (Å²) in [6.07, 6.45) is 0.141. The number of hydrogen-bond acceptors (Lipinski definition) is 3. The van der Waals surface area contributed by atoms with Crippen LogP contribution in [0.1, 0.15) is 11.3 Å². The Morgan fingerprint density at radius 1 is 1.50 bits per heavy atom. The number of urea groups is 1. The summed E-state index contributed by atoms with van der Waals surface area (Å²) >= 11 is 4.95. The zero-order chi connectivity index (χ0) is 13.1. The van der Waals surface area contributed by atoms with Gasteiger partial charge in [0.25, 0.3) is 0 Å². The minimum Gasteiger partial charge on any atom is -0.481 e. The van der Waals surface area contributed by atoms with E-state index in [0.717, 1.165) is 8.66 Å². The molecule has 1 fully saturated rings. The molecule has 0 atom stereocenters. The Hall–Kier alpha value is -1.08. The maximum absolute atomic E-state index is 11.7. The molecule has 0 saturated carbocycles. The van der Waals surface area contributed by atoms with E-state index in [1.165, 1.54) is 0 Å². The molecule has 1 aromatic rings. The molecule has 5 nitrogen and oxygen atoms in total. The Bertz CT molecular complexity index is 457. The Balaban J connectivity index is 1.69. The lowest BCUT2D eigenvalue weighted by Crippen LogP contribution is -2.54. The van der Waals surface area contributed by atoms with E-state index < -0.39 is 5.97 Å². The highest BCUT2D eigenvalue weighted by Crippen LogP contribution is 2.22. The Morgan fingerprint density at radius 2 is 2.22 bits per heavy atom. The van der Waals surface area contributed by atoms with Gasteiger partial charge in [-0.1, -0.05) is 0 Å². The van der Waals surface area contributed by atoms with Crippen molar-refractivity contribution < 1.29 is 14.7 Å². The Labute approximate surface area is 117 Å². The molecule has 2 rings (SSSR count). The molecule has 2 heterocycles. The Kier molecular flexibility index (Phi) is 4.23. The van der Waals surface area contributed by atoms with Crippen molar-refractivity contribution in [3.8, 4) is 0 Å². The minimum atomic E-state index is -0.802. The lowest BCUT2D eigenvalue weighted by atomic mass is 9.97. The van der Waals surface area contributed by atoms with Gasteiger partial charge in [0.1, 0.15) is 0 Å². The van der Waals surface area contributed by atoms with Gasteiger partial charge in [0.2, 0.25) is 0 Å². The van der Waals surface area contributed by atoms with Crippen LogP contribution in [0.15, 0.2) is 15.9 Å². The lowest BCUT2D eigenvalue weighted by Gasteiger charge is -2.38. The number of carbonyl (C=O) groups excluding carboxylic acids is 1. The summed E-state index contributed by atoms with van der Waals surface area (Å²) in [4.78, 5) is 24.9. The predicted octanol–water partition coefficient (Wildman–Crippen LogP) is 2.13. The number of rotatable bonds is 4. The first-order valence-electron chi connectivity index (χ1n) is 5.53. The van der Waals surface area contributed by atoms with Crippen LogP contribution >= 0.6 is 27.3 Å². The molecule has 1 aromatic heterocycles. The predicted molar refractivity (Wildman–Crippen MR) is 71.6 cm³/mol. The van der Waals surface area contributed by atoms with Crippen LogP contribution < -0.4 is 5.32 Å². The number of thiophene rings is 1. The van der Waals surface area contributed by atoms with Gasteiger partial charge in [0.05, 0.1) is 16.8 Å². The van der Waals surface area contributed by atoms with Crippen molar-refractivity contribution in [2.24, 2.45) is 5.92 Å². The van der Waals surface area contributed by atoms with E-state index in [9.17, 15) is 9.59 Å². The summed E-state index contributed by atoms with van der Waals surface area (Å²) in [5.41, 5.74) is 0. The van der Waals surface area contributed by atoms with Gasteiger partial charge in [-0.2, -0.15) is 0 Å². The van der Waals surface area contributed by atoms with Crippen molar-refractivity contribution in [1.82, 2.24) is 10.2 Å². The molecule has 18 heavy (non-hydrogen) atoms. The molecule has 0 spiro atoms. The summed E-state index contributed by atoms with van der Waals surface area (Å²) in [7, 11) is 0. The first kappa shape index (κ1) is 13.4. The lowest BCUT2D eigenvalue weighted by molar-refractivity contribution is -0.139. The molecule has 98 valence electrons. The summed E-state index contributed by atoms with van der Waals surface area (Å²) in [6, 6.07) is 3.78. The third-order valence-electron chi connectivity index (χ3n) is 2.75. The standard InChI is InChI=1S/C11H13BrN2O3S/c12-9-2-1-8(18-9)4-13-11(17)14-5-7(6-14)3-10(15)16/h1-2,7H,3-6H2,(H,13,17)(H,15,16). The van der Waals surface area contributed by atoms with Gasteiger partial charge >= 0.3 is 12.0 Å². The van der Waals surface area contributed by atoms with Gasteiger partial charge in [-0.05, 0) is 28.1 Å². The second-order valence-corrected chi connectivity index (χ2v) is 6.78. The molecule has 2 amide bonds. The largest absolute Gasteiger partial charge is 0.481 e. The maximum Gasteiger partial charge on any atom is 0.317 e. The van der Waals surface area contributed by atoms with Gasteiger partial charge in [-0.3, -0.25) is 4.79 Å². The van der Waals surface area contributed by atoms with E-state index in [4.69, 9.17) is 5.11 Å². The second kappa shape index (κ2) is 5.71. The fourth-order valence-electron chi connectivity index (χ4n) is 1.83. The highest BCUT2D eigenvalue weighted by Gasteiger charge is 2.31. The summed E-state index contributed by atoms with van der Waals surface area (Å²) in [5, 5.41) is 11.4. The molecule has 0 aliphatic carbocycles. The van der Waals surface area contributed by atoms with E-state index in [2.05, 4.69) is 21.2 Å². The van der Waals surface area contributed by atoms with Crippen LogP contribution in [0, 0.1) is 5.92 Å². The van der Waals surface area contributed by atoms with Crippen LogP contribution in [0.3, 0.4) is 0 Å². The van der Waals surface area contributed by atoms with Crippen LogP contribution in [0.2, 0.25) is 0 Å². The minimum absolute atomic E-state index is 0.101. The highest BCUT2D eigenvalue weighted by molar-refractivity contribution is 9.11. The van der Waals surface area contributed by atoms with E-state index in [0.29, 0.717) is 19.6 Å². The third-order valence-corrected chi connectivity index (χ3v) is 4.37. The fourth-order valence-corrected chi connectivity index (χ4v) is 3.26. The number of carbonyl (C=O) groups is 2. The second-order valence-electron chi connectivity index (χ2n) is 4.23. The van der Waals surface area contributed by atoms with Crippen molar-refractivity contribution in [2.45, 2.75) is 13.0 Å². The van der Waals surface area contributed by atoms with Gasteiger partial charge in [0, 0.05) is 23.9 Å². The molecular weight excluding hydrogens is 320 g/mol. The zero-order valence-corrected chi connectivity index (χ0v) is 12.0. The first-order chi connectivity index (χ1) is 8.54. The van der Waals surface area contributed by atoms with Gasteiger partial charge in [0.15, 0.2) is 0 Å².